The lowest BCUT2D eigenvalue weighted by Gasteiger charge is -2.35. The first-order chi connectivity index (χ1) is 10.7. The second kappa shape index (κ2) is 6.61. The van der Waals surface area contributed by atoms with Crippen molar-refractivity contribution in [2.24, 2.45) is 0 Å². The lowest BCUT2D eigenvalue weighted by Crippen LogP contribution is -2.49. The lowest BCUT2D eigenvalue weighted by molar-refractivity contribution is -0.196. The molecular weight excluding hydrogens is 420 g/mol. The van der Waals surface area contributed by atoms with Crippen LogP contribution in [-0.4, -0.2) is 15.6 Å². The molecule has 0 aromatic heterocycles. The minimum atomic E-state index is -4.63. The second-order valence-corrected chi connectivity index (χ2v) is 7.78. The van der Waals surface area contributed by atoms with Crippen LogP contribution in [0.5, 0.6) is 0 Å². The van der Waals surface area contributed by atoms with Gasteiger partial charge in [0, 0.05) is 0 Å². The Morgan fingerprint density at radius 3 is 2.52 bits per heavy atom. The predicted molar refractivity (Wildman–Crippen MR) is 90.5 cm³/mol. The highest BCUT2D eigenvalue weighted by atomic mass is 127. The lowest BCUT2D eigenvalue weighted by atomic mass is 9.90. The Balaban J connectivity index is 2.37. The quantitative estimate of drug-likeness (QED) is 0.352. The van der Waals surface area contributed by atoms with Crippen molar-refractivity contribution in [2.75, 3.05) is 0 Å². The fourth-order valence-electron chi connectivity index (χ4n) is 3.19. The Labute approximate surface area is 147 Å². The van der Waals surface area contributed by atoms with Crippen LogP contribution in [0.2, 0.25) is 0 Å². The molecule has 0 bridgehead atoms. The van der Waals surface area contributed by atoms with Gasteiger partial charge in [0.05, 0.1) is 0 Å². The van der Waals surface area contributed by atoms with Crippen LogP contribution in [0, 0.1) is 0 Å². The molecule has 0 heterocycles. The molecule has 6 heteroatoms. The van der Waals surface area contributed by atoms with Crippen LogP contribution < -0.4 is 0 Å². The standard InChI is InChI=1S/C17H20F3IO2/c1-3-10-15(11-9-12-7-5-6-8-13(12)15)23-14(22)16(21,4-2)17(18,19)20/h5-8H,3-4,9-11H2,1-2H3. The number of ether oxygens (including phenoxy) is 1. The van der Waals surface area contributed by atoms with Gasteiger partial charge >= 0.3 is 12.1 Å². The maximum Gasteiger partial charge on any atom is 0.413 e. The number of alkyl halides is 4. The van der Waals surface area contributed by atoms with E-state index in [4.69, 9.17) is 4.74 Å². The number of rotatable bonds is 5. The van der Waals surface area contributed by atoms with Gasteiger partial charge in [-0.05, 0) is 36.8 Å². The molecule has 0 amide bonds. The molecule has 1 aromatic carbocycles. The van der Waals surface area contributed by atoms with Crippen molar-refractivity contribution < 1.29 is 22.7 Å². The van der Waals surface area contributed by atoms with Crippen molar-refractivity contribution in [3.05, 3.63) is 35.4 Å². The zero-order chi connectivity index (χ0) is 17.3. The first kappa shape index (κ1) is 18.5. The SMILES string of the molecule is CCCC1(OC(=O)C(I)(CC)C(F)(F)F)CCc2ccccc21. The highest BCUT2D eigenvalue weighted by Crippen LogP contribution is 2.48. The molecule has 0 spiro atoms. The summed E-state index contributed by atoms with van der Waals surface area (Å²) in [6.45, 7) is 3.30. The van der Waals surface area contributed by atoms with Gasteiger partial charge in [0.2, 0.25) is 3.42 Å². The summed E-state index contributed by atoms with van der Waals surface area (Å²) in [5.74, 6) is -1.18. The first-order valence-corrected chi connectivity index (χ1v) is 8.85. The maximum absolute atomic E-state index is 13.3. The van der Waals surface area contributed by atoms with Crippen LogP contribution in [0.1, 0.15) is 50.7 Å². The molecule has 0 aliphatic heterocycles. The van der Waals surface area contributed by atoms with E-state index in [1.807, 2.05) is 31.2 Å². The van der Waals surface area contributed by atoms with Crippen molar-refractivity contribution >= 4 is 28.6 Å². The third-order valence-corrected chi connectivity index (χ3v) is 6.32. The minimum absolute atomic E-state index is 0.347. The number of hydrogen-bond acceptors (Lipinski definition) is 2. The van der Waals surface area contributed by atoms with Gasteiger partial charge in [0.1, 0.15) is 5.60 Å². The van der Waals surface area contributed by atoms with E-state index < -0.39 is 21.2 Å². The Morgan fingerprint density at radius 1 is 1.30 bits per heavy atom. The van der Waals surface area contributed by atoms with Gasteiger partial charge in [-0.3, -0.25) is 4.79 Å². The zero-order valence-electron chi connectivity index (χ0n) is 13.2. The summed E-state index contributed by atoms with van der Waals surface area (Å²) in [5, 5.41) is 0. The molecule has 128 valence electrons. The molecule has 2 atom stereocenters. The van der Waals surface area contributed by atoms with Crippen LogP contribution in [-0.2, 0) is 21.6 Å². The molecule has 1 aliphatic carbocycles. The molecular formula is C17H20F3IO2. The van der Waals surface area contributed by atoms with E-state index in [9.17, 15) is 18.0 Å². The second-order valence-electron chi connectivity index (χ2n) is 5.94. The van der Waals surface area contributed by atoms with Gasteiger partial charge in [0.15, 0.2) is 0 Å². The van der Waals surface area contributed by atoms with E-state index in [2.05, 4.69) is 0 Å². The van der Waals surface area contributed by atoms with Gasteiger partial charge in [-0.1, -0.05) is 67.1 Å². The topological polar surface area (TPSA) is 26.3 Å². The Bertz CT molecular complexity index is 583. The van der Waals surface area contributed by atoms with E-state index in [0.29, 0.717) is 12.8 Å². The largest absolute Gasteiger partial charge is 0.453 e. The van der Waals surface area contributed by atoms with Crippen molar-refractivity contribution in [3.8, 4) is 0 Å². The molecule has 0 saturated carbocycles. The molecule has 1 aliphatic rings. The molecule has 23 heavy (non-hydrogen) atoms. The summed E-state index contributed by atoms with van der Waals surface area (Å²) in [6, 6.07) is 7.54. The molecule has 2 unspecified atom stereocenters. The summed E-state index contributed by atoms with van der Waals surface area (Å²) in [4.78, 5) is 12.4. The van der Waals surface area contributed by atoms with Gasteiger partial charge in [-0.25, -0.2) is 0 Å². The maximum atomic E-state index is 13.3. The highest BCUT2D eigenvalue weighted by molar-refractivity contribution is 14.1. The van der Waals surface area contributed by atoms with Crippen molar-refractivity contribution in [1.29, 1.82) is 0 Å². The smallest absolute Gasteiger partial charge is 0.413 e. The Morgan fingerprint density at radius 2 is 1.96 bits per heavy atom. The predicted octanol–water partition coefficient (Wildman–Crippen LogP) is 5.32. The van der Waals surface area contributed by atoms with E-state index in [1.54, 1.807) is 0 Å². The van der Waals surface area contributed by atoms with Crippen molar-refractivity contribution in [2.45, 2.75) is 61.2 Å². The summed E-state index contributed by atoms with van der Waals surface area (Å²) in [5.41, 5.74) is 0.975. The van der Waals surface area contributed by atoms with Crippen molar-refractivity contribution in [1.82, 2.24) is 0 Å². The normalized spacial score (nSPS) is 23.2. The number of fused-ring (bicyclic) bond motifs is 1. The van der Waals surface area contributed by atoms with E-state index >= 15 is 0 Å². The van der Waals surface area contributed by atoms with Crippen LogP contribution in [0.3, 0.4) is 0 Å². The monoisotopic (exact) mass is 440 g/mol. The molecule has 1 aromatic rings. The fourth-order valence-corrected chi connectivity index (χ4v) is 3.30. The number of carbonyl (C=O) groups excluding carboxylic acids is 1. The summed E-state index contributed by atoms with van der Waals surface area (Å²) in [6.07, 6.45) is -2.46. The van der Waals surface area contributed by atoms with Gasteiger partial charge in [0.25, 0.3) is 0 Å². The molecule has 0 saturated heterocycles. The number of carbonyl (C=O) groups is 1. The van der Waals surface area contributed by atoms with Crippen LogP contribution in [0.25, 0.3) is 0 Å². The first-order valence-electron chi connectivity index (χ1n) is 7.77. The third kappa shape index (κ3) is 3.23. The van der Waals surface area contributed by atoms with Crippen LogP contribution >= 0.6 is 22.6 Å². The molecule has 0 N–H and O–H groups in total. The van der Waals surface area contributed by atoms with Gasteiger partial charge < -0.3 is 4.74 Å². The van der Waals surface area contributed by atoms with E-state index in [0.717, 1.165) is 24.0 Å². The Kier molecular flexibility index (Phi) is 5.33. The number of hydrogen-bond donors (Lipinski definition) is 0. The molecule has 2 nitrogen and oxygen atoms in total. The molecule has 0 fully saturated rings. The average molecular weight is 440 g/mol. The van der Waals surface area contributed by atoms with Crippen molar-refractivity contribution in [3.63, 3.8) is 0 Å². The number of benzene rings is 1. The molecule has 0 radical (unpaired) electrons. The highest BCUT2D eigenvalue weighted by Gasteiger charge is 2.60. The number of halogens is 4. The van der Waals surface area contributed by atoms with E-state index in [-0.39, 0.29) is 6.42 Å². The van der Waals surface area contributed by atoms with Crippen LogP contribution in [0.4, 0.5) is 13.2 Å². The summed E-state index contributed by atoms with van der Waals surface area (Å²) >= 11 is 1.19. The number of esters is 1. The zero-order valence-corrected chi connectivity index (χ0v) is 15.3. The average Bonchev–Trinajstić information content (AvgIpc) is 2.85. The molecule has 2 rings (SSSR count). The summed E-state index contributed by atoms with van der Waals surface area (Å²) in [7, 11) is 0. The fraction of sp³-hybridized carbons (Fsp3) is 0.588. The minimum Gasteiger partial charge on any atom is -0.453 e. The summed E-state index contributed by atoms with van der Waals surface area (Å²) < 4.78 is 43.1. The Hall–Kier alpha value is -0.790. The van der Waals surface area contributed by atoms with Gasteiger partial charge in [-0.2, -0.15) is 13.2 Å². The van der Waals surface area contributed by atoms with Crippen LogP contribution in [0.15, 0.2) is 24.3 Å². The van der Waals surface area contributed by atoms with E-state index in [1.165, 1.54) is 29.5 Å². The third-order valence-electron chi connectivity index (χ3n) is 4.51. The number of aryl methyl sites for hydroxylation is 1. The van der Waals surface area contributed by atoms with Gasteiger partial charge in [-0.15, -0.1) is 0 Å².